The van der Waals surface area contributed by atoms with E-state index in [0.717, 1.165) is 43.1 Å². The lowest BCUT2D eigenvalue weighted by Gasteiger charge is -2.28. The van der Waals surface area contributed by atoms with Gasteiger partial charge in [-0.2, -0.15) is 0 Å². The Morgan fingerprint density at radius 3 is 2.62 bits per heavy atom. The molecule has 0 atom stereocenters. The minimum Gasteiger partial charge on any atom is -0.294 e. The molecule has 1 aromatic carbocycles. The number of rotatable bonds is 4. The maximum atomic E-state index is 4.81. The monoisotopic (exact) mass is 342 g/mol. The number of fused-ring (bicyclic) bond motifs is 1. The lowest BCUT2D eigenvalue weighted by molar-refractivity contribution is 0.242. The quantitative estimate of drug-likeness (QED) is 0.719. The van der Waals surface area contributed by atoms with Gasteiger partial charge in [-0.1, -0.05) is 36.4 Å². The van der Waals surface area contributed by atoms with E-state index >= 15 is 0 Å². The Kier molecular flexibility index (Phi) is 3.98. The molecule has 3 aromatic rings. The molecular formula is C22H22N4. The van der Waals surface area contributed by atoms with Crippen LogP contribution in [0.5, 0.6) is 0 Å². The summed E-state index contributed by atoms with van der Waals surface area (Å²) < 4.78 is 0. The normalized spacial score (nSPS) is 17.1. The van der Waals surface area contributed by atoms with Crippen molar-refractivity contribution in [1.82, 2.24) is 19.9 Å². The molecule has 0 N–H and O–H groups in total. The molecule has 0 radical (unpaired) electrons. The van der Waals surface area contributed by atoms with E-state index in [-0.39, 0.29) is 0 Å². The molecule has 0 spiro atoms. The number of benzene rings is 1. The third-order valence-electron chi connectivity index (χ3n) is 5.27. The summed E-state index contributed by atoms with van der Waals surface area (Å²) in [6.45, 7) is 2.90. The van der Waals surface area contributed by atoms with Crippen LogP contribution in [-0.4, -0.2) is 26.4 Å². The highest BCUT2D eigenvalue weighted by Gasteiger charge is 2.28. The minimum atomic E-state index is 0.632. The summed E-state index contributed by atoms with van der Waals surface area (Å²) in [6.07, 6.45) is 7.60. The van der Waals surface area contributed by atoms with Crippen molar-refractivity contribution in [3.05, 3.63) is 77.5 Å². The van der Waals surface area contributed by atoms with Crippen molar-refractivity contribution >= 4 is 0 Å². The third kappa shape index (κ3) is 3.25. The van der Waals surface area contributed by atoms with Gasteiger partial charge in [0, 0.05) is 61.2 Å². The Morgan fingerprint density at radius 1 is 0.962 bits per heavy atom. The molecule has 3 heterocycles. The first-order valence-electron chi connectivity index (χ1n) is 9.42. The third-order valence-corrected chi connectivity index (χ3v) is 5.27. The van der Waals surface area contributed by atoms with E-state index in [0.29, 0.717) is 5.92 Å². The molecule has 1 aliphatic carbocycles. The molecule has 1 aliphatic heterocycles. The van der Waals surface area contributed by atoms with Crippen LogP contribution in [0.3, 0.4) is 0 Å². The fourth-order valence-corrected chi connectivity index (χ4v) is 3.62. The van der Waals surface area contributed by atoms with Gasteiger partial charge in [-0.25, -0.2) is 9.97 Å². The molecule has 1 saturated carbocycles. The summed E-state index contributed by atoms with van der Waals surface area (Å²) >= 11 is 0. The van der Waals surface area contributed by atoms with Crippen LogP contribution < -0.4 is 0 Å². The Labute approximate surface area is 154 Å². The van der Waals surface area contributed by atoms with E-state index in [2.05, 4.69) is 45.3 Å². The predicted molar refractivity (Wildman–Crippen MR) is 101 cm³/mol. The van der Waals surface area contributed by atoms with E-state index in [1.54, 1.807) is 0 Å². The van der Waals surface area contributed by atoms with Crippen LogP contribution in [0.1, 0.15) is 41.4 Å². The van der Waals surface area contributed by atoms with Gasteiger partial charge in [0.05, 0.1) is 5.69 Å². The van der Waals surface area contributed by atoms with Crippen LogP contribution >= 0.6 is 0 Å². The highest BCUT2D eigenvalue weighted by atomic mass is 15.1. The van der Waals surface area contributed by atoms with Crippen molar-refractivity contribution in [2.45, 2.75) is 38.3 Å². The van der Waals surface area contributed by atoms with Gasteiger partial charge in [0.1, 0.15) is 5.82 Å². The fraction of sp³-hybridized carbons (Fsp3) is 0.318. The van der Waals surface area contributed by atoms with Crippen LogP contribution in [0.25, 0.3) is 11.3 Å². The van der Waals surface area contributed by atoms with Gasteiger partial charge in [0.2, 0.25) is 0 Å². The summed E-state index contributed by atoms with van der Waals surface area (Å²) in [7, 11) is 0. The first-order chi connectivity index (χ1) is 12.8. The molecule has 130 valence electrons. The van der Waals surface area contributed by atoms with Crippen molar-refractivity contribution in [3.8, 4) is 11.3 Å². The SMILES string of the molecule is c1ccc(-c2ccc(CN3CCc4nc(C5CC5)ncc4C3)cn2)cc1. The second-order valence-corrected chi connectivity index (χ2v) is 7.35. The summed E-state index contributed by atoms with van der Waals surface area (Å²) in [4.78, 5) is 16.5. The van der Waals surface area contributed by atoms with E-state index in [4.69, 9.17) is 4.98 Å². The number of aromatic nitrogens is 3. The van der Waals surface area contributed by atoms with Crippen LogP contribution in [0.15, 0.2) is 54.9 Å². The maximum Gasteiger partial charge on any atom is 0.131 e. The zero-order valence-corrected chi connectivity index (χ0v) is 14.8. The Balaban J connectivity index is 1.27. The summed E-state index contributed by atoms with van der Waals surface area (Å²) in [5.74, 6) is 1.70. The van der Waals surface area contributed by atoms with Crippen molar-refractivity contribution in [1.29, 1.82) is 0 Å². The summed E-state index contributed by atoms with van der Waals surface area (Å²) in [6, 6.07) is 14.6. The minimum absolute atomic E-state index is 0.632. The van der Waals surface area contributed by atoms with Gasteiger partial charge in [0.25, 0.3) is 0 Å². The second-order valence-electron chi connectivity index (χ2n) is 7.35. The van der Waals surface area contributed by atoms with Crippen molar-refractivity contribution < 1.29 is 0 Å². The number of hydrogen-bond donors (Lipinski definition) is 0. The maximum absolute atomic E-state index is 4.81. The Morgan fingerprint density at radius 2 is 1.85 bits per heavy atom. The summed E-state index contributed by atoms with van der Waals surface area (Å²) in [5.41, 5.74) is 5.99. The lowest BCUT2D eigenvalue weighted by Crippen LogP contribution is -2.31. The molecule has 4 heteroatoms. The molecule has 4 nitrogen and oxygen atoms in total. The first kappa shape index (κ1) is 15.6. The Bertz CT molecular complexity index is 901. The Hall–Kier alpha value is -2.59. The molecule has 2 aliphatic rings. The molecule has 0 bridgehead atoms. The molecular weight excluding hydrogens is 320 g/mol. The highest BCUT2D eigenvalue weighted by Crippen LogP contribution is 2.38. The summed E-state index contributed by atoms with van der Waals surface area (Å²) in [5, 5.41) is 0. The molecule has 0 amide bonds. The van der Waals surface area contributed by atoms with Crippen LogP contribution in [-0.2, 0) is 19.5 Å². The molecule has 0 saturated heterocycles. The van der Waals surface area contributed by atoms with E-state index in [1.165, 1.54) is 29.7 Å². The standard InChI is InChI=1S/C22H22N4/c1-2-4-17(5-3-1)20-9-6-16(12-23-20)14-26-11-10-21-19(15-26)13-24-22(25-21)18-7-8-18/h1-6,9,12-13,18H,7-8,10-11,14-15H2. The van der Waals surface area contributed by atoms with Crippen LogP contribution in [0, 0.1) is 0 Å². The van der Waals surface area contributed by atoms with Gasteiger partial charge in [-0.05, 0) is 24.5 Å². The van der Waals surface area contributed by atoms with E-state index < -0.39 is 0 Å². The number of nitrogens with zero attached hydrogens (tertiary/aromatic N) is 4. The molecule has 2 aromatic heterocycles. The van der Waals surface area contributed by atoms with Gasteiger partial charge < -0.3 is 0 Å². The van der Waals surface area contributed by atoms with E-state index in [1.807, 2.05) is 24.4 Å². The average Bonchev–Trinajstić information content (AvgIpc) is 3.54. The zero-order chi connectivity index (χ0) is 17.3. The predicted octanol–water partition coefficient (Wildman–Crippen LogP) is 3.97. The van der Waals surface area contributed by atoms with Crippen molar-refractivity contribution in [3.63, 3.8) is 0 Å². The smallest absolute Gasteiger partial charge is 0.131 e. The van der Waals surface area contributed by atoms with Gasteiger partial charge in [-0.3, -0.25) is 9.88 Å². The number of pyridine rings is 1. The van der Waals surface area contributed by atoms with Crippen LogP contribution in [0.2, 0.25) is 0 Å². The fourth-order valence-electron chi connectivity index (χ4n) is 3.62. The molecule has 26 heavy (non-hydrogen) atoms. The van der Waals surface area contributed by atoms with Gasteiger partial charge in [-0.15, -0.1) is 0 Å². The first-order valence-corrected chi connectivity index (χ1v) is 9.42. The zero-order valence-electron chi connectivity index (χ0n) is 14.8. The van der Waals surface area contributed by atoms with Gasteiger partial charge >= 0.3 is 0 Å². The van der Waals surface area contributed by atoms with Crippen molar-refractivity contribution in [2.75, 3.05) is 6.54 Å². The lowest BCUT2D eigenvalue weighted by atomic mass is 10.1. The largest absolute Gasteiger partial charge is 0.294 e. The highest BCUT2D eigenvalue weighted by molar-refractivity contribution is 5.58. The molecule has 0 unspecified atom stereocenters. The van der Waals surface area contributed by atoms with Crippen molar-refractivity contribution in [2.24, 2.45) is 0 Å². The van der Waals surface area contributed by atoms with E-state index in [9.17, 15) is 0 Å². The molecule has 5 rings (SSSR count). The molecule has 1 fully saturated rings. The van der Waals surface area contributed by atoms with Gasteiger partial charge in [0.15, 0.2) is 0 Å². The average molecular weight is 342 g/mol. The topological polar surface area (TPSA) is 41.9 Å². The number of hydrogen-bond acceptors (Lipinski definition) is 4. The second kappa shape index (κ2) is 6.61. The van der Waals surface area contributed by atoms with Crippen LogP contribution in [0.4, 0.5) is 0 Å².